The van der Waals surface area contributed by atoms with Crippen LogP contribution in [-0.4, -0.2) is 16.1 Å². The third-order valence-electron chi connectivity index (χ3n) is 8.48. The zero-order chi connectivity index (χ0) is 20.6. The molecule has 0 aromatic heterocycles. The molecule has 2 aliphatic rings. The maximum absolute atomic E-state index is 2.42. The van der Waals surface area contributed by atoms with Crippen LogP contribution < -0.4 is 35.2 Å². The maximum atomic E-state index is 2.42. The molecule has 33 heavy (non-hydrogen) atoms. The Morgan fingerprint density at radius 1 is 0.606 bits per heavy atom. The van der Waals surface area contributed by atoms with Gasteiger partial charge in [-0.3, -0.25) is 0 Å². The number of halogens is 2. The van der Waals surface area contributed by atoms with Gasteiger partial charge in [-0.25, -0.2) is 0 Å². The van der Waals surface area contributed by atoms with Crippen molar-refractivity contribution in [2.24, 2.45) is 0 Å². The van der Waals surface area contributed by atoms with Crippen LogP contribution in [0.5, 0.6) is 0 Å². The second kappa shape index (κ2) is 12.0. The smallest absolute Gasteiger partial charge is 1.00 e. The topological polar surface area (TPSA) is 0 Å². The van der Waals surface area contributed by atoms with Crippen molar-refractivity contribution in [2.45, 2.75) is 63.0 Å². The summed E-state index contributed by atoms with van der Waals surface area (Å²) in [5.74, 6) is 0. The first kappa shape index (κ1) is 28.8. The monoisotopic (exact) mass is 586 g/mol. The zero-order valence-corrected chi connectivity index (χ0v) is 25.8. The van der Waals surface area contributed by atoms with E-state index in [0.29, 0.717) is 0 Å². The van der Waals surface area contributed by atoms with E-state index in [9.17, 15) is 0 Å². The van der Waals surface area contributed by atoms with Crippen LogP contribution in [0, 0.1) is 0 Å². The Labute approximate surface area is 233 Å². The molecule has 2 saturated heterocycles. The van der Waals surface area contributed by atoms with Crippen molar-refractivity contribution in [3.8, 4) is 0 Å². The third kappa shape index (κ3) is 5.10. The van der Waals surface area contributed by atoms with Crippen LogP contribution >= 0.6 is 0 Å². The first-order valence-corrected chi connectivity index (χ1v) is 17.3. The largest absolute Gasteiger partial charge is 4.00 e. The normalized spacial score (nSPS) is 17.3. The second-order valence-electron chi connectivity index (χ2n) is 9.64. The Bertz CT molecular complexity index is 1050. The number of hydrogen-bond donors (Lipinski definition) is 0. The molecule has 0 nitrogen and oxygen atoms in total. The number of rotatable bonds is 4. The molecule has 0 spiro atoms. The third-order valence-corrected chi connectivity index (χ3v) is 19.6. The summed E-state index contributed by atoms with van der Waals surface area (Å²) in [7, 11) is -2.01. The minimum atomic E-state index is -1.01. The summed E-state index contributed by atoms with van der Waals surface area (Å²) in [6.07, 6.45) is 2.94. The molecule has 5 heteroatoms. The zero-order valence-electron chi connectivity index (χ0n) is 19.8. The van der Waals surface area contributed by atoms with Gasteiger partial charge in [-0.2, -0.15) is 24.3 Å². The van der Waals surface area contributed by atoms with Crippen LogP contribution in [0.3, 0.4) is 0 Å². The van der Waals surface area contributed by atoms with Gasteiger partial charge in [-0.1, -0.05) is 75.1 Å². The Hall–Kier alpha value is -0.443. The van der Waals surface area contributed by atoms with Crippen molar-refractivity contribution in [3.63, 3.8) is 0 Å². The molecular weight excluding hydrogens is 555 g/mol. The fraction of sp³-hybridized carbons (Fsp3) is 0.357. The quantitative estimate of drug-likeness (QED) is 0.249. The summed E-state index contributed by atoms with van der Waals surface area (Å²) in [4.78, 5) is 0. The van der Waals surface area contributed by atoms with Crippen molar-refractivity contribution in [2.75, 3.05) is 0 Å². The molecule has 2 fully saturated rings. The molecule has 0 amide bonds. The second-order valence-corrected chi connectivity index (χ2v) is 19.3. The molecule has 4 aromatic carbocycles. The molecule has 0 radical (unpaired) electrons. The summed E-state index contributed by atoms with van der Waals surface area (Å²) >= 11 is 0. The number of hydrogen-bond acceptors (Lipinski definition) is 0. The Morgan fingerprint density at radius 2 is 0.970 bits per heavy atom. The van der Waals surface area contributed by atoms with E-state index in [2.05, 4.69) is 86.6 Å². The van der Waals surface area contributed by atoms with Gasteiger partial charge in [0, 0.05) is 16.1 Å². The van der Waals surface area contributed by atoms with Crippen LogP contribution in [0.25, 0.3) is 21.5 Å². The van der Waals surface area contributed by atoms with Gasteiger partial charge in [0.25, 0.3) is 0 Å². The van der Waals surface area contributed by atoms with Gasteiger partial charge < -0.3 is 24.8 Å². The van der Waals surface area contributed by atoms with Crippen LogP contribution in [-0.2, 0) is 26.2 Å². The van der Waals surface area contributed by atoms with Gasteiger partial charge in [0.2, 0.25) is 0 Å². The fourth-order valence-corrected chi connectivity index (χ4v) is 14.2. The Morgan fingerprint density at radius 3 is 1.27 bits per heavy atom. The molecule has 6 rings (SSSR count). The van der Waals surface area contributed by atoms with Crippen molar-refractivity contribution in [1.82, 2.24) is 0 Å². The van der Waals surface area contributed by atoms with Crippen LogP contribution in [0.1, 0.15) is 26.7 Å². The fourth-order valence-electron chi connectivity index (χ4n) is 6.06. The Kier molecular flexibility index (Phi) is 10.5. The molecule has 0 bridgehead atoms. The van der Waals surface area contributed by atoms with E-state index in [0.717, 1.165) is 0 Å². The molecule has 0 atom stereocenters. The predicted octanol–water partition coefficient (Wildman–Crippen LogP) is 1.28. The van der Waals surface area contributed by atoms with E-state index in [1.807, 2.05) is 0 Å². The van der Waals surface area contributed by atoms with Crippen molar-refractivity contribution >= 4 is 48.1 Å². The summed E-state index contributed by atoms with van der Waals surface area (Å²) in [5, 5.41) is 9.47. The minimum Gasteiger partial charge on any atom is -1.00 e. The van der Waals surface area contributed by atoms with E-state index in [1.54, 1.807) is 21.1 Å². The summed E-state index contributed by atoms with van der Waals surface area (Å²) in [6, 6.07) is 36.2. The van der Waals surface area contributed by atoms with Crippen LogP contribution in [0.15, 0.2) is 72.8 Å². The van der Waals surface area contributed by atoms with Crippen molar-refractivity contribution < 1.29 is 51.0 Å². The van der Waals surface area contributed by atoms with Crippen LogP contribution in [0.2, 0.25) is 36.3 Å². The maximum Gasteiger partial charge on any atom is 4.00 e. The van der Waals surface area contributed by atoms with Crippen molar-refractivity contribution in [3.05, 3.63) is 72.8 Å². The van der Waals surface area contributed by atoms with Gasteiger partial charge in [0.15, 0.2) is 0 Å². The van der Waals surface area contributed by atoms with E-state index in [1.165, 1.54) is 59.9 Å². The predicted molar refractivity (Wildman–Crippen MR) is 139 cm³/mol. The minimum absolute atomic E-state index is 0. The molecule has 0 saturated carbocycles. The average molecular weight is 589 g/mol. The van der Waals surface area contributed by atoms with Gasteiger partial charge in [0.05, 0.1) is 0 Å². The summed E-state index contributed by atoms with van der Waals surface area (Å²) in [5.41, 5.74) is 0. The van der Waals surface area contributed by atoms with E-state index in [4.69, 9.17) is 0 Å². The standard InChI is InChI=1S/2C14H17Si.2ClH.Zr/c2*1-2-15(10-5-11-15)14-9-8-12-6-3-4-7-13(12)14;;;/h2*3-4,6-9H,2,5,10-11H2,1H3;2*1H;/q2*-1;;;+4/p-2. The average Bonchev–Trinajstić information content (AvgIpc) is 3.34. The van der Waals surface area contributed by atoms with E-state index < -0.39 is 16.1 Å². The van der Waals surface area contributed by atoms with Crippen molar-refractivity contribution in [1.29, 1.82) is 0 Å². The van der Waals surface area contributed by atoms with Gasteiger partial charge >= 0.3 is 26.2 Å². The van der Waals surface area contributed by atoms with E-state index >= 15 is 0 Å². The first-order chi connectivity index (χ1) is 14.7. The molecule has 0 N–H and O–H groups in total. The number of benzene rings is 2. The first-order valence-electron chi connectivity index (χ1n) is 12.0. The molecular formula is C28H34Cl2Si2Zr. The van der Waals surface area contributed by atoms with Gasteiger partial charge in [0.1, 0.15) is 0 Å². The molecule has 172 valence electrons. The molecule has 2 aliphatic heterocycles. The molecule has 0 unspecified atom stereocenters. The molecule has 4 aromatic rings. The summed E-state index contributed by atoms with van der Waals surface area (Å²) < 4.78 is 0. The number of fused-ring (bicyclic) bond motifs is 2. The van der Waals surface area contributed by atoms with Crippen LogP contribution in [0.4, 0.5) is 0 Å². The molecule has 2 heterocycles. The van der Waals surface area contributed by atoms with Gasteiger partial charge in [-0.05, 0) is 0 Å². The SMILES string of the molecule is CC[Si]1([c-]2ccc3ccccc32)CCC1.CC[Si]1([c-]2ccc3ccccc32)CCC1.[Cl-].[Cl-].[Zr+4]. The molecule has 0 aliphatic carbocycles. The van der Waals surface area contributed by atoms with E-state index in [-0.39, 0.29) is 51.0 Å². The summed E-state index contributed by atoms with van der Waals surface area (Å²) in [6.45, 7) is 4.79. The Balaban J connectivity index is 0.000000214. The van der Waals surface area contributed by atoms with Gasteiger partial charge in [-0.15, -0.1) is 68.3 Å².